The highest BCUT2D eigenvalue weighted by Gasteiger charge is 2.06. The smallest absolute Gasteiger partial charge is 0.0192 e. The second-order valence-corrected chi connectivity index (χ2v) is 4.37. The van der Waals surface area contributed by atoms with Crippen LogP contribution in [0.2, 0.25) is 0 Å². The number of hydrogen-bond acceptors (Lipinski definition) is 0. The van der Waals surface area contributed by atoms with Crippen LogP contribution in [0.5, 0.6) is 0 Å². The van der Waals surface area contributed by atoms with Gasteiger partial charge in [-0.3, -0.25) is 0 Å². The average Bonchev–Trinajstić information content (AvgIpc) is 1.35. The van der Waals surface area contributed by atoms with Crippen molar-refractivity contribution < 1.29 is 0 Å². The molecule has 1 unspecified atom stereocenters. The molecule has 0 spiro atoms. The van der Waals surface area contributed by atoms with Gasteiger partial charge in [0.25, 0.3) is 0 Å². The molecule has 0 bridgehead atoms. The van der Waals surface area contributed by atoms with Gasteiger partial charge < -0.3 is 0 Å². The lowest BCUT2D eigenvalue weighted by molar-refractivity contribution is 0.786. The Hall–Kier alpha value is 0.730. The molecule has 0 aromatic rings. The van der Waals surface area contributed by atoms with Crippen LogP contribution in [0.15, 0.2) is 0 Å². The fourth-order valence-electron chi connectivity index (χ4n) is 0. The quantitative estimate of drug-likeness (QED) is 0.447. The summed E-state index contributed by atoms with van der Waals surface area (Å²) in [5, 5.41) is 0. The van der Waals surface area contributed by atoms with Crippen LogP contribution in [0.3, 0.4) is 0 Å². The van der Waals surface area contributed by atoms with Crippen LogP contribution in [0.1, 0.15) is 20.3 Å². The molecule has 0 rings (SSSR count). The summed E-state index contributed by atoms with van der Waals surface area (Å²) in [6, 6.07) is 0. The predicted molar refractivity (Wildman–Crippen MR) is 38.1 cm³/mol. The van der Waals surface area contributed by atoms with Crippen LogP contribution < -0.4 is 0 Å². The van der Waals surface area contributed by atoms with Crippen molar-refractivity contribution in [3.05, 3.63) is 6.92 Å². The second-order valence-electron chi connectivity index (χ2n) is 1.77. The van der Waals surface area contributed by atoms with Crippen LogP contribution in [0.25, 0.3) is 0 Å². The number of hydrogen-bond donors (Lipinski definition) is 0. The number of alkyl halides is 1. The molecule has 0 aromatic heterocycles. The molecule has 6 heavy (non-hydrogen) atoms. The topological polar surface area (TPSA) is 0 Å². The molecule has 0 fully saturated rings. The summed E-state index contributed by atoms with van der Waals surface area (Å²) in [7, 11) is 0. The van der Waals surface area contributed by atoms with E-state index in [-0.39, 0.29) is 3.42 Å². The minimum atomic E-state index is 0.262. The van der Waals surface area contributed by atoms with Crippen LogP contribution in [0.4, 0.5) is 0 Å². The highest BCUT2D eigenvalue weighted by atomic mass is 127. The third kappa shape index (κ3) is 4.73. The predicted octanol–water partition coefficient (Wildman–Crippen LogP) is 2.42. The van der Waals surface area contributed by atoms with E-state index in [1.165, 1.54) is 0 Å². The largest absolute Gasteiger partial charge is 0.0792 e. The summed E-state index contributed by atoms with van der Waals surface area (Å²) in [4.78, 5) is 0. The number of halogens is 1. The first-order valence-electron chi connectivity index (χ1n) is 2.10. The molecule has 1 atom stereocenters. The first-order chi connectivity index (χ1) is 2.56. The SMILES string of the molecule is [CH2]C(C)(I)CC. The van der Waals surface area contributed by atoms with Gasteiger partial charge in [0, 0.05) is 3.42 Å². The van der Waals surface area contributed by atoms with Gasteiger partial charge >= 0.3 is 0 Å². The third-order valence-electron chi connectivity index (χ3n) is 0.737. The van der Waals surface area contributed by atoms with Gasteiger partial charge in [-0.05, 0) is 13.3 Å². The zero-order valence-electron chi connectivity index (χ0n) is 4.29. The average molecular weight is 197 g/mol. The van der Waals surface area contributed by atoms with Crippen molar-refractivity contribution in [1.82, 2.24) is 0 Å². The molecular formula is C5H10I. The summed E-state index contributed by atoms with van der Waals surface area (Å²) in [6.45, 7) is 8.13. The molecular weight excluding hydrogens is 187 g/mol. The zero-order valence-corrected chi connectivity index (χ0v) is 6.45. The lowest BCUT2D eigenvalue weighted by atomic mass is 10.2. The van der Waals surface area contributed by atoms with Gasteiger partial charge in [0.05, 0.1) is 0 Å². The van der Waals surface area contributed by atoms with Gasteiger partial charge in [0.2, 0.25) is 0 Å². The van der Waals surface area contributed by atoms with Crippen molar-refractivity contribution in [3.8, 4) is 0 Å². The maximum Gasteiger partial charge on any atom is 0.0192 e. The van der Waals surface area contributed by atoms with E-state index >= 15 is 0 Å². The fourth-order valence-corrected chi connectivity index (χ4v) is 0. The van der Waals surface area contributed by atoms with Gasteiger partial charge in [-0.2, -0.15) is 0 Å². The Kier molecular flexibility index (Phi) is 2.41. The normalized spacial score (nSPS) is 12.0. The van der Waals surface area contributed by atoms with E-state index < -0.39 is 0 Å². The third-order valence-corrected chi connectivity index (χ3v) is 1.50. The summed E-state index contributed by atoms with van der Waals surface area (Å²) in [6.07, 6.45) is 1.15. The first-order valence-corrected chi connectivity index (χ1v) is 3.18. The van der Waals surface area contributed by atoms with Crippen LogP contribution in [0, 0.1) is 6.92 Å². The molecule has 0 nitrogen and oxygen atoms in total. The van der Waals surface area contributed by atoms with E-state index in [9.17, 15) is 0 Å². The van der Waals surface area contributed by atoms with E-state index in [1.807, 2.05) is 0 Å². The summed E-state index contributed by atoms with van der Waals surface area (Å²) < 4.78 is 0.262. The molecule has 0 N–H and O–H groups in total. The highest BCUT2D eigenvalue weighted by molar-refractivity contribution is 14.1. The second kappa shape index (κ2) is 2.15. The van der Waals surface area contributed by atoms with Gasteiger partial charge in [-0.25, -0.2) is 0 Å². The molecule has 0 amide bonds. The summed E-state index contributed by atoms with van der Waals surface area (Å²) >= 11 is 2.33. The molecule has 37 valence electrons. The van der Waals surface area contributed by atoms with Crippen molar-refractivity contribution >= 4 is 22.6 Å². The Morgan fingerprint density at radius 1 is 1.83 bits per heavy atom. The molecule has 1 radical (unpaired) electrons. The standard InChI is InChI=1S/C5H10I/c1-4-5(2,3)6/h2,4H2,1,3H3. The van der Waals surface area contributed by atoms with Gasteiger partial charge in [0.15, 0.2) is 0 Å². The number of rotatable bonds is 1. The van der Waals surface area contributed by atoms with E-state index in [1.54, 1.807) is 0 Å². The van der Waals surface area contributed by atoms with Crippen LogP contribution in [-0.2, 0) is 0 Å². The lowest BCUT2D eigenvalue weighted by Gasteiger charge is -2.09. The van der Waals surface area contributed by atoms with Crippen molar-refractivity contribution in [3.63, 3.8) is 0 Å². The summed E-state index contributed by atoms with van der Waals surface area (Å²) in [5.74, 6) is 0. The van der Waals surface area contributed by atoms with Gasteiger partial charge in [0.1, 0.15) is 0 Å². The maximum absolute atomic E-state index is 3.88. The molecule has 1 heteroatoms. The van der Waals surface area contributed by atoms with Crippen molar-refractivity contribution in [2.75, 3.05) is 0 Å². The minimum absolute atomic E-state index is 0.262. The molecule has 0 heterocycles. The Labute approximate surface area is 53.5 Å². The zero-order chi connectivity index (χ0) is 5.21. The monoisotopic (exact) mass is 197 g/mol. The van der Waals surface area contributed by atoms with Crippen LogP contribution in [-0.4, -0.2) is 3.42 Å². The molecule has 0 saturated carbocycles. The van der Waals surface area contributed by atoms with Crippen molar-refractivity contribution in [2.45, 2.75) is 23.7 Å². The van der Waals surface area contributed by atoms with Gasteiger partial charge in [-0.1, -0.05) is 36.4 Å². The van der Waals surface area contributed by atoms with Crippen molar-refractivity contribution in [1.29, 1.82) is 0 Å². The molecule has 0 aromatic carbocycles. The molecule has 0 aliphatic carbocycles. The van der Waals surface area contributed by atoms with E-state index in [4.69, 9.17) is 0 Å². The summed E-state index contributed by atoms with van der Waals surface area (Å²) in [5.41, 5.74) is 0. The molecule has 0 saturated heterocycles. The Morgan fingerprint density at radius 2 is 2.00 bits per heavy atom. The molecule has 0 aliphatic heterocycles. The fraction of sp³-hybridized carbons (Fsp3) is 0.800. The van der Waals surface area contributed by atoms with Crippen molar-refractivity contribution in [2.24, 2.45) is 0 Å². The first kappa shape index (κ1) is 6.73. The Bertz CT molecular complexity index is 33.7. The van der Waals surface area contributed by atoms with E-state index in [0.29, 0.717) is 0 Å². The minimum Gasteiger partial charge on any atom is -0.0792 e. The maximum atomic E-state index is 3.88. The Balaban J connectivity index is 3.17. The van der Waals surface area contributed by atoms with E-state index in [2.05, 4.69) is 43.4 Å². The van der Waals surface area contributed by atoms with Crippen LogP contribution >= 0.6 is 22.6 Å². The Morgan fingerprint density at radius 3 is 2.00 bits per heavy atom. The van der Waals surface area contributed by atoms with Gasteiger partial charge in [-0.15, -0.1) is 0 Å². The highest BCUT2D eigenvalue weighted by Crippen LogP contribution is 2.18. The lowest BCUT2D eigenvalue weighted by Crippen LogP contribution is -2.05. The van der Waals surface area contributed by atoms with E-state index in [0.717, 1.165) is 6.42 Å². The molecule has 0 aliphatic rings.